The monoisotopic (exact) mass is 856 g/mol. The minimum absolute atomic E-state index is 0.0574. The molecule has 1 amide bonds. The van der Waals surface area contributed by atoms with Crippen LogP contribution in [0.4, 0.5) is 0 Å². The molecule has 6 nitrogen and oxygen atoms in total. The smallest absolute Gasteiger partial charge is 0.306 e. The third-order valence-electron chi connectivity index (χ3n) is 11.9. The molecule has 0 bridgehead atoms. The maximum absolute atomic E-state index is 13.2. The first-order chi connectivity index (χ1) is 30.0. The number of amides is 1. The quantitative estimate of drug-likeness (QED) is 0.0322. The van der Waals surface area contributed by atoms with Gasteiger partial charge >= 0.3 is 5.97 Å². The molecule has 0 aliphatic heterocycles. The van der Waals surface area contributed by atoms with E-state index in [2.05, 4.69) is 74.7 Å². The van der Waals surface area contributed by atoms with Gasteiger partial charge in [0.15, 0.2) is 0 Å². The summed E-state index contributed by atoms with van der Waals surface area (Å²) in [4.78, 5) is 26.1. The molecule has 3 atom stereocenters. The molecule has 0 aromatic carbocycles. The number of allylic oxidation sites excluding steroid dienone is 8. The third kappa shape index (κ3) is 44.2. The zero-order valence-electron chi connectivity index (χ0n) is 40.5. The van der Waals surface area contributed by atoms with Crippen molar-refractivity contribution >= 4 is 11.9 Å². The number of carbonyl (C=O) groups excluding carboxylic acids is 2. The Balaban J connectivity index is 4.61. The summed E-state index contributed by atoms with van der Waals surface area (Å²) in [6, 6.07) is -0.711. The van der Waals surface area contributed by atoms with Crippen LogP contribution in [-0.4, -0.2) is 46.9 Å². The van der Waals surface area contributed by atoms with E-state index >= 15 is 0 Å². The van der Waals surface area contributed by atoms with Crippen molar-refractivity contribution in [3.63, 3.8) is 0 Å². The number of hydrogen-bond acceptors (Lipinski definition) is 5. The molecule has 0 fully saturated rings. The van der Waals surface area contributed by atoms with Crippen molar-refractivity contribution in [3.8, 4) is 0 Å². The van der Waals surface area contributed by atoms with E-state index in [0.29, 0.717) is 19.3 Å². The molecular weight excluding hydrogens is 755 g/mol. The average Bonchev–Trinajstić information content (AvgIpc) is 3.25. The maximum Gasteiger partial charge on any atom is 0.306 e. The summed E-state index contributed by atoms with van der Waals surface area (Å²) in [7, 11) is 0. The summed E-state index contributed by atoms with van der Waals surface area (Å²) >= 11 is 0. The van der Waals surface area contributed by atoms with Crippen molar-refractivity contribution in [2.75, 3.05) is 6.61 Å². The van der Waals surface area contributed by atoms with Crippen LogP contribution in [0.1, 0.15) is 265 Å². The van der Waals surface area contributed by atoms with Gasteiger partial charge in [0.05, 0.1) is 25.2 Å². The fourth-order valence-electron chi connectivity index (χ4n) is 7.91. The van der Waals surface area contributed by atoms with E-state index in [1.54, 1.807) is 0 Å². The molecule has 0 aromatic heterocycles. The van der Waals surface area contributed by atoms with E-state index in [-0.39, 0.29) is 24.9 Å². The van der Waals surface area contributed by atoms with Gasteiger partial charge in [0.2, 0.25) is 5.91 Å². The average molecular weight is 856 g/mol. The van der Waals surface area contributed by atoms with Gasteiger partial charge in [0.1, 0.15) is 6.10 Å². The van der Waals surface area contributed by atoms with Crippen molar-refractivity contribution in [1.82, 2.24) is 5.32 Å². The third-order valence-corrected chi connectivity index (χ3v) is 11.9. The normalized spacial score (nSPS) is 13.6. The molecule has 0 saturated carbocycles. The number of hydrogen-bond donors (Lipinski definition) is 3. The highest BCUT2D eigenvalue weighted by Gasteiger charge is 2.24. The number of ether oxygens (including phenoxy) is 1. The maximum atomic E-state index is 13.2. The van der Waals surface area contributed by atoms with Gasteiger partial charge in [-0.3, -0.25) is 9.59 Å². The van der Waals surface area contributed by atoms with Crippen LogP contribution in [0.2, 0.25) is 0 Å². The Morgan fingerprint density at radius 2 is 0.885 bits per heavy atom. The van der Waals surface area contributed by atoms with Crippen LogP contribution in [0.25, 0.3) is 0 Å². The highest BCUT2D eigenvalue weighted by atomic mass is 16.5. The fraction of sp³-hybridized carbons (Fsp3) is 0.818. The molecule has 6 heteroatoms. The van der Waals surface area contributed by atoms with Gasteiger partial charge in [-0.1, -0.05) is 217 Å². The van der Waals surface area contributed by atoms with Crippen LogP contribution in [0, 0.1) is 0 Å². The Hall–Kier alpha value is -2.18. The Bertz CT molecular complexity index is 1050. The van der Waals surface area contributed by atoms with E-state index in [0.717, 1.165) is 96.3 Å². The highest BCUT2D eigenvalue weighted by molar-refractivity contribution is 5.77. The molecule has 0 aromatic rings. The van der Waals surface area contributed by atoms with Crippen molar-refractivity contribution in [2.24, 2.45) is 0 Å². The Morgan fingerprint density at radius 1 is 0.492 bits per heavy atom. The van der Waals surface area contributed by atoms with Gasteiger partial charge in [0.25, 0.3) is 0 Å². The second-order valence-electron chi connectivity index (χ2n) is 17.9. The number of rotatable bonds is 47. The molecule has 0 saturated heterocycles. The van der Waals surface area contributed by atoms with Gasteiger partial charge in [-0.25, -0.2) is 0 Å². The van der Waals surface area contributed by atoms with Crippen molar-refractivity contribution in [3.05, 3.63) is 48.6 Å². The first kappa shape index (κ1) is 58.8. The van der Waals surface area contributed by atoms with Crippen LogP contribution < -0.4 is 5.32 Å². The minimum Gasteiger partial charge on any atom is -0.462 e. The van der Waals surface area contributed by atoms with Crippen molar-refractivity contribution < 1.29 is 24.5 Å². The van der Waals surface area contributed by atoms with E-state index < -0.39 is 18.2 Å². The van der Waals surface area contributed by atoms with Gasteiger partial charge in [-0.15, -0.1) is 0 Å². The van der Waals surface area contributed by atoms with Crippen LogP contribution in [0.3, 0.4) is 0 Å². The van der Waals surface area contributed by atoms with E-state index in [9.17, 15) is 19.8 Å². The minimum atomic E-state index is -0.796. The Kier molecular flexibility index (Phi) is 47.1. The summed E-state index contributed by atoms with van der Waals surface area (Å²) in [6.45, 7) is 6.37. The van der Waals surface area contributed by atoms with E-state index in [1.165, 1.54) is 122 Å². The summed E-state index contributed by atoms with van der Waals surface area (Å²) in [5.74, 6) is -0.509. The Morgan fingerprint density at radius 3 is 1.36 bits per heavy atom. The largest absolute Gasteiger partial charge is 0.462 e. The number of unbranched alkanes of at least 4 members (excludes halogenated alkanes) is 27. The molecular formula is C55H101NO5. The first-order valence-electron chi connectivity index (χ1n) is 26.4. The molecule has 3 N–H and O–H groups in total. The molecule has 0 radical (unpaired) electrons. The molecule has 0 heterocycles. The Labute approximate surface area is 378 Å². The summed E-state index contributed by atoms with van der Waals surface area (Å²) in [5, 5.41) is 23.8. The molecule has 0 spiro atoms. The zero-order valence-corrected chi connectivity index (χ0v) is 40.5. The lowest BCUT2D eigenvalue weighted by molar-refractivity contribution is -0.151. The van der Waals surface area contributed by atoms with Crippen LogP contribution >= 0.6 is 0 Å². The lowest BCUT2D eigenvalue weighted by Crippen LogP contribution is -2.46. The highest BCUT2D eigenvalue weighted by Crippen LogP contribution is 2.18. The fourth-order valence-corrected chi connectivity index (χ4v) is 7.91. The van der Waals surface area contributed by atoms with Gasteiger partial charge in [-0.05, 0) is 83.5 Å². The predicted molar refractivity (Wildman–Crippen MR) is 264 cm³/mol. The summed E-state index contributed by atoms with van der Waals surface area (Å²) < 4.78 is 5.92. The number of nitrogens with one attached hydrogen (secondary N) is 1. The lowest BCUT2D eigenvalue weighted by Gasteiger charge is -2.24. The molecule has 3 unspecified atom stereocenters. The molecule has 356 valence electrons. The number of esters is 1. The predicted octanol–water partition coefficient (Wildman–Crippen LogP) is 15.8. The van der Waals surface area contributed by atoms with E-state index in [1.807, 2.05) is 0 Å². The first-order valence-corrected chi connectivity index (χ1v) is 26.4. The van der Waals surface area contributed by atoms with Gasteiger partial charge in [0, 0.05) is 6.42 Å². The SMILES string of the molecule is CC/C=C/C/C=C/C/C=C/CCCCCCC(CC(=O)NC(CO)C(O)CCCCCCCCCCCCCCCC)OC(=O)CCCCC/C=C\CCCCCCCCC. The number of aliphatic hydroxyl groups is 2. The van der Waals surface area contributed by atoms with Crippen LogP contribution in [-0.2, 0) is 14.3 Å². The molecule has 0 aliphatic rings. The summed E-state index contributed by atoms with van der Waals surface area (Å²) in [5.41, 5.74) is 0. The van der Waals surface area contributed by atoms with Crippen molar-refractivity contribution in [1.29, 1.82) is 0 Å². The topological polar surface area (TPSA) is 95.9 Å². The van der Waals surface area contributed by atoms with E-state index in [4.69, 9.17) is 4.74 Å². The number of carbonyl (C=O) groups is 2. The van der Waals surface area contributed by atoms with Crippen LogP contribution in [0.15, 0.2) is 48.6 Å². The molecule has 0 rings (SSSR count). The molecule has 0 aliphatic carbocycles. The standard InChI is InChI=1S/C55H101NO5/c1-4-7-10-13-16-19-22-25-28-31-34-37-40-43-46-51(61-55(60)48-45-42-39-36-33-30-27-24-21-18-15-12-9-6-3)49-54(59)56-52(50-57)53(58)47-44-41-38-35-32-29-26-23-20-17-14-11-8-5-2/h7,10,16,19,25,28,30,33,51-53,57-58H,4-6,8-9,11-15,17-18,20-24,26-27,29,31-32,34-50H2,1-3H3,(H,56,59)/b10-7+,19-16+,28-25+,33-30-. The summed E-state index contributed by atoms with van der Waals surface area (Å²) in [6.07, 6.45) is 58.8. The molecule has 61 heavy (non-hydrogen) atoms. The zero-order chi connectivity index (χ0) is 44.5. The van der Waals surface area contributed by atoms with Gasteiger partial charge < -0.3 is 20.3 Å². The lowest BCUT2D eigenvalue weighted by atomic mass is 10.0. The second kappa shape index (κ2) is 48.8. The van der Waals surface area contributed by atoms with Crippen LogP contribution in [0.5, 0.6) is 0 Å². The number of aliphatic hydroxyl groups excluding tert-OH is 2. The van der Waals surface area contributed by atoms with Crippen molar-refractivity contribution in [2.45, 2.75) is 283 Å². The second-order valence-corrected chi connectivity index (χ2v) is 17.9. The van der Waals surface area contributed by atoms with Gasteiger partial charge in [-0.2, -0.15) is 0 Å².